The molecule has 0 saturated heterocycles. The molecule has 2 rings (SSSR count). The first-order valence-corrected chi connectivity index (χ1v) is 5.94. The number of nitrogens with one attached hydrogen (secondary N) is 1. The maximum Gasteiger partial charge on any atom is 0.416 e. The predicted octanol–water partition coefficient (Wildman–Crippen LogP) is 3.64. The predicted molar refractivity (Wildman–Crippen MR) is 70.9 cm³/mol. The van der Waals surface area contributed by atoms with Gasteiger partial charge in [0.2, 0.25) is 0 Å². The summed E-state index contributed by atoms with van der Waals surface area (Å²) >= 11 is 4.03. The van der Waals surface area contributed by atoms with Gasteiger partial charge in [-0.15, -0.1) is 12.6 Å². The molecule has 1 aromatic carbocycles. The number of halogens is 3. The standard InChI is InChI=1S/C13H9F3N2OS/c14-13(15,16)9-1-2-11(20)10(7-9)18-12(19)8-3-5-17-6-4-8/h1-7,20H,(H,18,19). The highest BCUT2D eigenvalue weighted by atomic mass is 32.1. The molecule has 3 nitrogen and oxygen atoms in total. The Morgan fingerprint density at radius 3 is 2.40 bits per heavy atom. The van der Waals surface area contributed by atoms with Crippen LogP contribution in [0.15, 0.2) is 47.6 Å². The van der Waals surface area contributed by atoms with Crippen molar-refractivity contribution in [3.63, 3.8) is 0 Å². The fourth-order valence-electron chi connectivity index (χ4n) is 1.51. The lowest BCUT2D eigenvalue weighted by Crippen LogP contribution is -2.13. The summed E-state index contributed by atoms with van der Waals surface area (Å²) in [5.41, 5.74) is -0.546. The Bertz CT molecular complexity index is 629. The van der Waals surface area contributed by atoms with E-state index in [4.69, 9.17) is 0 Å². The largest absolute Gasteiger partial charge is 0.416 e. The summed E-state index contributed by atoms with van der Waals surface area (Å²) in [6, 6.07) is 5.86. The van der Waals surface area contributed by atoms with Gasteiger partial charge in [0.05, 0.1) is 11.3 Å². The molecule has 1 N–H and O–H groups in total. The number of carbonyl (C=O) groups excluding carboxylic acids is 1. The van der Waals surface area contributed by atoms with Crippen LogP contribution in [0.5, 0.6) is 0 Å². The van der Waals surface area contributed by atoms with Gasteiger partial charge in [0, 0.05) is 22.9 Å². The highest BCUT2D eigenvalue weighted by Gasteiger charge is 2.31. The number of hydrogen-bond acceptors (Lipinski definition) is 3. The van der Waals surface area contributed by atoms with E-state index >= 15 is 0 Å². The van der Waals surface area contributed by atoms with Crippen molar-refractivity contribution >= 4 is 24.2 Å². The third kappa shape index (κ3) is 3.30. The van der Waals surface area contributed by atoms with E-state index in [0.717, 1.165) is 12.1 Å². The Morgan fingerprint density at radius 2 is 1.80 bits per heavy atom. The zero-order chi connectivity index (χ0) is 14.8. The molecule has 7 heteroatoms. The number of thiol groups is 1. The van der Waals surface area contributed by atoms with Crippen molar-refractivity contribution in [2.45, 2.75) is 11.1 Å². The van der Waals surface area contributed by atoms with E-state index in [0.29, 0.717) is 5.56 Å². The lowest BCUT2D eigenvalue weighted by atomic mass is 10.2. The molecule has 0 aliphatic heterocycles. The van der Waals surface area contributed by atoms with E-state index in [2.05, 4.69) is 22.9 Å². The molecule has 0 atom stereocenters. The number of rotatable bonds is 2. The zero-order valence-electron chi connectivity index (χ0n) is 9.98. The van der Waals surface area contributed by atoms with E-state index in [1.807, 2.05) is 0 Å². The number of amides is 1. The van der Waals surface area contributed by atoms with Crippen molar-refractivity contribution in [1.29, 1.82) is 0 Å². The van der Waals surface area contributed by atoms with Crippen LogP contribution < -0.4 is 5.32 Å². The second-order valence-electron chi connectivity index (χ2n) is 3.92. The zero-order valence-corrected chi connectivity index (χ0v) is 10.9. The highest BCUT2D eigenvalue weighted by molar-refractivity contribution is 7.80. The smallest absolute Gasteiger partial charge is 0.321 e. The molecular weight excluding hydrogens is 289 g/mol. The Morgan fingerprint density at radius 1 is 1.15 bits per heavy atom. The summed E-state index contributed by atoms with van der Waals surface area (Å²) in [6.45, 7) is 0. The highest BCUT2D eigenvalue weighted by Crippen LogP contribution is 2.33. The van der Waals surface area contributed by atoms with E-state index in [-0.39, 0.29) is 10.6 Å². The average Bonchev–Trinajstić information content (AvgIpc) is 2.41. The van der Waals surface area contributed by atoms with Crippen LogP contribution >= 0.6 is 12.6 Å². The molecule has 1 amide bonds. The fourth-order valence-corrected chi connectivity index (χ4v) is 1.71. The van der Waals surface area contributed by atoms with Crippen LogP contribution in [0.4, 0.5) is 18.9 Å². The number of benzene rings is 1. The second kappa shape index (κ2) is 5.54. The van der Waals surface area contributed by atoms with Crippen LogP contribution in [0.25, 0.3) is 0 Å². The summed E-state index contributed by atoms with van der Waals surface area (Å²) in [4.78, 5) is 15.9. The maximum absolute atomic E-state index is 12.6. The summed E-state index contributed by atoms with van der Waals surface area (Å²) in [5.74, 6) is -0.526. The first-order valence-electron chi connectivity index (χ1n) is 5.49. The molecule has 104 valence electrons. The minimum absolute atomic E-state index is 0.00460. The summed E-state index contributed by atoms with van der Waals surface area (Å²) < 4.78 is 37.8. The summed E-state index contributed by atoms with van der Waals surface area (Å²) in [5, 5.41) is 2.40. The van der Waals surface area contributed by atoms with E-state index in [9.17, 15) is 18.0 Å². The van der Waals surface area contributed by atoms with Crippen molar-refractivity contribution in [2.75, 3.05) is 5.32 Å². The average molecular weight is 298 g/mol. The number of pyridine rings is 1. The molecule has 1 aromatic heterocycles. The number of anilines is 1. The van der Waals surface area contributed by atoms with Crippen LogP contribution in [0.2, 0.25) is 0 Å². The van der Waals surface area contributed by atoms with Crippen LogP contribution in [0, 0.1) is 0 Å². The van der Waals surface area contributed by atoms with Gasteiger partial charge in [-0.1, -0.05) is 0 Å². The van der Waals surface area contributed by atoms with Crippen LogP contribution in [0.3, 0.4) is 0 Å². The van der Waals surface area contributed by atoms with Gasteiger partial charge in [0.15, 0.2) is 0 Å². The van der Waals surface area contributed by atoms with Crippen LogP contribution in [-0.2, 0) is 6.18 Å². The van der Waals surface area contributed by atoms with Gasteiger partial charge in [-0.25, -0.2) is 0 Å². The number of nitrogens with zero attached hydrogens (tertiary/aromatic N) is 1. The monoisotopic (exact) mass is 298 g/mol. The van der Waals surface area contributed by atoms with E-state index in [1.54, 1.807) is 0 Å². The second-order valence-corrected chi connectivity index (χ2v) is 4.40. The van der Waals surface area contributed by atoms with Crippen LogP contribution in [-0.4, -0.2) is 10.9 Å². The molecule has 0 fully saturated rings. The summed E-state index contributed by atoms with van der Waals surface area (Å²) in [6.07, 6.45) is -1.64. The van der Waals surface area contributed by atoms with Crippen molar-refractivity contribution in [3.05, 3.63) is 53.9 Å². The fraction of sp³-hybridized carbons (Fsp3) is 0.0769. The quantitative estimate of drug-likeness (QED) is 0.831. The molecular formula is C13H9F3N2OS. The Kier molecular flexibility index (Phi) is 3.99. The third-order valence-corrected chi connectivity index (χ3v) is 2.90. The molecule has 0 bridgehead atoms. The Balaban J connectivity index is 2.27. The van der Waals surface area contributed by atoms with Gasteiger partial charge < -0.3 is 5.32 Å². The number of aromatic nitrogens is 1. The summed E-state index contributed by atoms with van der Waals surface area (Å²) in [7, 11) is 0. The van der Waals surface area contributed by atoms with Gasteiger partial charge in [-0.05, 0) is 30.3 Å². The SMILES string of the molecule is O=C(Nc1cc(C(F)(F)F)ccc1S)c1ccncc1. The van der Waals surface area contributed by atoms with Gasteiger partial charge in [0.1, 0.15) is 0 Å². The molecule has 0 spiro atoms. The van der Waals surface area contributed by atoms with Crippen molar-refractivity contribution in [3.8, 4) is 0 Å². The minimum Gasteiger partial charge on any atom is -0.321 e. The normalized spacial score (nSPS) is 11.2. The number of hydrogen-bond donors (Lipinski definition) is 2. The molecule has 1 heterocycles. The van der Waals surface area contributed by atoms with Gasteiger partial charge >= 0.3 is 6.18 Å². The molecule has 0 aliphatic rings. The van der Waals surface area contributed by atoms with Gasteiger partial charge in [-0.2, -0.15) is 13.2 Å². The van der Waals surface area contributed by atoms with Gasteiger partial charge in [-0.3, -0.25) is 9.78 Å². The molecule has 0 radical (unpaired) electrons. The van der Waals surface area contributed by atoms with Crippen molar-refractivity contribution in [1.82, 2.24) is 4.98 Å². The molecule has 0 unspecified atom stereocenters. The van der Waals surface area contributed by atoms with E-state index in [1.165, 1.54) is 30.6 Å². The molecule has 0 saturated carbocycles. The minimum atomic E-state index is -4.47. The Hall–Kier alpha value is -2.02. The first kappa shape index (κ1) is 14.4. The number of alkyl halides is 3. The van der Waals surface area contributed by atoms with Gasteiger partial charge in [0.25, 0.3) is 5.91 Å². The first-order chi connectivity index (χ1) is 9.38. The Labute approximate surface area is 118 Å². The maximum atomic E-state index is 12.6. The molecule has 0 aliphatic carbocycles. The van der Waals surface area contributed by atoms with Crippen molar-refractivity contribution in [2.24, 2.45) is 0 Å². The van der Waals surface area contributed by atoms with E-state index < -0.39 is 17.6 Å². The van der Waals surface area contributed by atoms with Crippen molar-refractivity contribution < 1.29 is 18.0 Å². The van der Waals surface area contributed by atoms with Crippen LogP contribution in [0.1, 0.15) is 15.9 Å². The lowest BCUT2D eigenvalue weighted by Gasteiger charge is -2.12. The lowest BCUT2D eigenvalue weighted by molar-refractivity contribution is -0.137. The third-order valence-electron chi connectivity index (χ3n) is 2.51. The topological polar surface area (TPSA) is 42.0 Å². The number of carbonyl (C=O) groups is 1. The molecule has 2 aromatic rings. The molecule has 20 heavy (non-hydrogen) atoms.